The van der Waals surface area contributed by atoms with Crippen molar-refractivity contribution in [3.63, 3.8) is 0 Å². The SMILES string of the molecule is CCCCCCOC(C)c1ccc(-c2ccc(CCl)cc2)cc1. The molecular weight excluding hydrogens is 304 g/mol. The molecule has 0 saturated carbocycles. The number of rotatable bonds is 9. The van der Waals surface area contributed by atoms with E-state index in [0.29, 0.717) is 5.88 Å². The molecule has 1 nitrogen and oxygen atoms in total. The number of hydrogen-bond donors (Lipinski definition) is 0. The fourth-order valence-corrected chi connectivity index (χ4v) is 2.80. The molecule has 0 spiro atoms. The second kappa shape index (κ2) is 9.75. The van der Waals surface area contributed by atoms with Crippen LogP contribution in [0.2, 0.25) is 0 Å². The zero-order chi connectivity index (χ0) is 16.5. The maximum absolute atomic E-state index is 5.94. The molecule has 124 valence electrons. The van der Waals surface area contributed by atoms with Crippen molar-refractivity contribution in [3.05, 3.63) is 59.7 Å². The molecule has 0 saturated heterocycles. The van der Waals surface area contributed by atoms with Crippen LogP contribution in [0.3, 0.4) is 0 Å². The second-order valence-electron chi connectivity index (χ2n) is 6.03. The zero-order valence-corrected chi connectivity index (χ0v) is 15.0. The van der Waals surface area contributed by atoms with Gasteiger partial charge in [-0.1, -0.05) is 74.7 Å². The van der Waals surface area contributed by atoms with E-state index in [1.54, 1.807) is 0 Å². The molecular formula is C21H27ClO. The average molecular weight is 331 g/mol. The molecule has 0 fully saturated rings. The van der Waals surface area contributed by atoms with Crippen molar-refractivity contribution in [3.8, 4) is 11.1 Å². The van der Waals surface area contributed by atoms with Crippen LogP contribution in [0.4, 0.5) is 0 Å². The molecule has 2 rings (SSSR count). The Bertz CT molecular complexity index is 559. The van der Waals surface area contributed by atoms with Crippen molar-refractivity contribution in [2.24, 2.45) is 0 Å². The first-order chi connectivity index (χ1) is 11.2. The first kappa shape index (κ1) is 18.0. The molecule has 0 aliphatic rings. The van der Waals surface area contributed by atoms with E-state index in [9.17, 15) is 0 Å². The van der Waals surface area contributed by atoms with Gasteiger partial charge in [0.15, 0.2) is 0 Å². The van der Waals surface area contributed by atoms with Crippen molar-refractivity contribution in [2.45, 2.75) is 51.5 Å². The zero-order valence-electron chi connectivity index (χ0n) is 14.2. The summed E-state index contributed by atoms with van der Waals surface area (Å²) in [7, 11) is 0. The fraction of sp³-hybridized carbons (Fsp3) is 0.429. The summed E-state index contributed by atoms with van der Waals surface area (Å²) in [5, 5.41) is 0. The van der Waals surface area contributed by atoms with Gasteiger partial charge in [0, 0.05) is 12.5 Å². The van der Waals surface area contributed by atoms with Gasteiger partial charge in [0.05, 0.1) is 6.10 Å². The third kappa shape index (κ3) is 5.67. The van der Waals surface area contributed by atoms with Crippen LogP contribution >= 0.6 is 11.6 Å². The molecule has 1 unspecified atom stereocenters. The summed E-state index contributed by atoms with van der Waals surface area (Å²) in [6.07, 6.45) is 5.14. The number of halogens is 1. The molecule has 0 amide bonds. The fourth-order valence-electron chi connectivity index (χ4n) is 2.62. The van der Waals surface area contributed by atoms with E-state index in [4.69, 9.17) is 16.3 Å². The van der Waals surface area contributed by atoms with Gasteiger partial charge in [-0.2, -0.15) is 0 Å². The summed E-state index contributed by atoms with van der Waals surface area (Å²) in [6.45, 7) is 5.21. The Morgan fingerprint density at radius 1 is 0.870 bits per heavy atom. The molecule has 2 aromatic rings. The number of alkyl halides is 1. The maximum atomic E-state index is 5.94. The first-order valence-electron chi connectivity index (χ1n) is 8.61. The van der Waals surface area contributed by atoms with Crippen LogP contribution in [-0.2, 0) is 10.6 Å². The van der Waals surface area contributed by atoms with Gasteiger partial charge in [0.1, 0.15) is 0 Å². The van der Waals surface area contributed by atoms with E-state index in [1.807, 2.05) is 0 Å². The smallest absolute Gasteiger partial charge is 0.0796 e. The van der Waals surface area contributed by atoms with Crippen molar-refractivity contribution in [1.29, 1.82) is 0 Å². The molecule has 0 aromatic heterocycles. The Kier molecular flexibility index (Phi) is 7.64. The van der Waals surface area contributed by atoms with E-state index in [0.717, 1.165) is 18.6 Å². The number of ether oxygens (including phenoxy) is 1. The lowest BCUT2D eigenvalue weighted by Gasteiger charge is -2.14. The van der Waals surface area contributed by atoms with Gasteiger partial charge >= 0.3 is 0 Å². The van der Waals surface area contributed by atoms with Gasteiger partial charge in [-0.05, 0) is 35.6 Å². The third-order valence-electron chi connectivity index (χ3n) is 4.19. The average Bonchev–Trinajstić information content (AvgIpc) is 2.61. The molecule has 2 aromatic carbocycles. The third-order valence-corrected chi connectivity index (χ3v) is 4.50. The van der Waals surface area contributed by atoms with E-state index in [1.165, 1.54) is 36.0 Å². The van der Waals surface area contributed by atoms with Crippen LogP contribution in [0.5, 0.6) is 0 Å². The monoisotopic (exact) mass is 330 g/mol. The normalized spacial score (nSPS) is 12.3. The molecule has 0 aliphatic carbocycles. The molecule has 2 heteroatoms. The van der Waals surface area contributed by atoms with Crippen LogP contribution in [0.1, 0.15) is 56.8 Å². The lowest BCUT2D eigenvalue weighted by molar-refractivity contribution is 0.0628. The van der Waals surface area contributed by atoms with Gasteiger partial charge in [0.2, 0.25) is 0 Å². The largest absolute Gasteiger partial charge is 0.374 e. The topological polar surface area (TPSA) is 9.23 Å². The molecule has 23 heavy (non-hydrogen) atoms. The Balaban J connectivity index is 1.90. The van der Waals surface area contributed by atoms with E-state index >= 15 is 0 Å². The standard InChI is InChI=1S/C21H27ClO/c1-3-4-5-6-15-23-17(2)19-11-13-21(14-12-19)20-9-7-18(16-22)8-10-20/h7-14,17H,3-6,15-16H2,1-2H3. The summed E-state index contributed by atoms with van der Waals surface area (Å²) in [6, 6.07) is 17.1. The van der Waals surface area contributed by atoms with Crippen molar-refractivity contribution >= 4 is 11.6 Å². The highest BCUT2D eigenvalue weighted by Crippen LogP contribution is 2.24. The van der Waals surface area contributed by atoms with Crippen LogP contribution < -0.4 is 0 Å². The van der Waals surface area contributed by atoms with E-state index < -0.39 is 0 Å². The summed E-state index contributed by atoms with van der Waals surface area (Å²) >= 11 is 5.84. The van der Waals surface area contributed by atoms with Crippen LogP contribution in [0.25, 0.3) is 11.1 Å². The van der Waals surface area contributed by atoms with Gasteiger partial charge in [0.25, 0.3) is 0 Å². The molecule has 0 N–H and O–H groups in total. The highest BCUT2D eigenvalue weighted by Gasteiger charge is 2.06. The minimum atomic E-state index is 0.157. The van der Waals surface area contributed by atoms with Gasteiger partial charge in [-0.15, -0.1) is 11.6 Å². The predicted molar refractivity (Wildman–Crippen MR) is 99.9 cm³/mol. The molecule has 0 radical (unpaired) electrons. The van der Waals surface area contributed by atoms with Crippen LogP contribution in [0, 0.1) is 0 Å². The minimum Gasteiger partial charge on any atom is -0.374 e. The first-order valence-corrected chi connectivity index (χ1v) is 9.15. The maximum Gasteiger partial charge on any atom is 0.0796 e. The minimum absolute atomic E-state index is 0.157. The predicted octanol–water partition coefficient (Wildman–Crippen LogP) is 6.75. The number of hydrogen-bond acceptors (Lipinski definition) is 1. The number of unbranched alkanes of at least 4 members (excludes halogenated alkanes) is 3. The van der Waals surface area contributed by atoms with Gasteiger partial charge < -0.3 is 4.74 Å². The Morgan fingerprint density at radius 2 is 1.48 bits per heavy atom. The van der Waals surface area contributed by atoms with E-state index in [-0.39, 0.29) is 6.10 Å². The summed E-state index contributed by atoms with van der Waals surface area (Å²) in [4.78, 5) is 0. The second-order valence-corrected chi connectivity index (χ2v) is 6.29. The van der Waals surface area contributed by atoms with Crippen LogP contribution in [-0.4, -0.2) is 6.61 Å². The Hall–Kier alpha value is -1.31. The van der Waals surface area contributed by atoms with Gasteiger partial charge in [-0.3, -0.25) is 0 Å². The quantitative estimate of drug-likeness (QED) is 0.365. The van der Waals surface area contributed by atoms with Crippen molar-refractivity contribution in [1.82, 2.24) is 0 Å². The molecule has 1 atom stereocenters. The Morgan fingerprint density at radius 3 is 2.04 bits per heavy atom. The van der Waals surface area contributed by atoms with Crippen LogP contribution in [0.15, 0.2) is 48.5 Å². The lowest BCUT2D eigenvalue weighted by atomic mass is 10.0. The van der Waals surface area contributed by atoms with Gasteiger partial charge in [-0.25, -0.2) is 0 Å². The lowest BCUT2D eigenvalue weighted by Crippen LogP contribution is -2.01. The summed E-state index contributed by atoms with van der Waals surface area (Å²) in [5.74, 6) is 0.562. The highest BCUT2D eigenvalue weighted by molar-refractivity contribution is 6.17. The molecule has 0 aliphatic heterocycles. The molecule has 0 heterocycles. The molecule has 0 bridgehead atoms. The Labute approximate surface area is 145 Å². The number of benzene rings is 2. The summed E-state index contributed by atoms with van der Waals surface area (Å²) in [5.41, 5.74) is 4.84. The van der Waals surface area contributed by atoms with Crippen molar-refractivity contribution in [2.75, 3.05) is 6.61 Å². The summed E-state index contributed by atoms with van der Waals surface area (Å²) < 4.78 is 5.94. The highest BCUT2D eigenvalue weighted by atomic mass is 35.5. The van der Waals surface area contributed by atoms with Crippen molar-refractivity contribution < 1.29 is 4.74 Å². The van der Waals surface area contributed by atoms with E-state index in [2.05, 4.69) is 62.4 Å².